The van der Waals surface area contributed by atoms with Crippen LogP contribution in [0.15, 0.2) is 24.3 Å². The highest BCUT2D eigenvalue weighted by molar-refractivity contribution is 5.47. The van der Waals surface area contributed by atoms with Crippen LogP contribution < -0.4 is 10.6 Å². The minimum Gasteiger partial charge on any atom is -0.372 e. The molecule has 0 bridgehead atoms. The summed E-state index contributed by atoms with van der Waals surface area (Å²) in [6.45, 7) is 7.34. The molecule has 0 aliphatic heterocycles. The molecule has 1 rings (SSSR count). The van der Waals surface area contributed by atoms with Crippen LogP contribution in [0.25, 0.3) is 0 Å². The molecular weight excluding hydrogens is 208 g/mol. The predicted octanol–water partition coefficient (Wildman–Crippen LogP) is 3.55. The number of rotatable bonds is 8. The summed E-state index contributed by atoms with van der Waals surface area (Å²) < 4.78 is 0. The Morgan fingerprint density at radius 2 is 1.71 bits per heavy atom. The smallest absolute Gasteiger partial charge is 0.0366 e. The molecule has 0 atom stereocenters. The maximum Gasteiger partial charge on any atom is 0.0366 e. The van der Waals surface area contributed by atoms with Crippen LogP contribution in [0.3, 0.4) is 0 Å². The van der Waals surface area contributed by atoms with Crippen molar-refractivity contribution < 1.29 is 0 Å². The third-order valence-electron chi connectivity index (χ3n) is 3.20. The van der Waals surface area contributed by atoms with Crippen molar-refractivity contribution in [2.24, 2.45) is 5.73 Å². The summed E-state index contributed by atoms with van der Waals surface area (Å²) in [5.74, 6) is 0. The van der Waals surface area contributed by atoms with E-state index in [1.807, 2.05) is 0 Å². The minimum atomic E-state index is 0.628. The molecule has 0 aromatic heterocycles. The molecule has 0 heterocycles. The zero-order chi connectivity index (χ0) is 12.5. The van der Waals surface area contributed by atoms with Crippen molar-refractivity contribution in [1.29, 1.82) is 0 Å². The first-order valence-corrected chi connectivity index (χ1v) is 6.85. The SMILES string of the molecule is CCCCCCN(CC)c1ccc(CN)cc1. The Kier molecular flexibility index (Phi) is 6.71. The number of nitrogens with two attached hydrogens (primary N) is 1. The van der Waals surface area contributed by atoms with E-state index < -0.39 is 0 Å². The number of anilines is 1. The van der Waals surface area contributed by atoms with Crippen LogP contribution in [0, 0.1) is 0 Å². The number of nitrogens with zero attached hydrogens (tertiary/aromatic N) is 1. The highest BCUT2D eigenvalue weighted by Crippen LogP contribution is 2.16. The Labute approximate surface area is 106 Å². The summed E-state index contributed by atoms with van der Waals surface area (Å²) in [5, 5.41) is 0. The quantitative estimate of drug-likeness (QED) is 0.697. The lowest BCUT2D eigenvalue weighted by atomic mass is 10.1. The maximum absolute atomic E-state index is 5.61. The van der Waals surface area contributed by atoms with E-state index >= 15 is 0 Å². The molecule has 1 aromatic carbocycles. The van der Waals surface area contributed by atoms with Gasteiger partial charge in [-0.2, -0.15) is 0 Å². The molecule has 0 amide bonds. The Hall–Kier alpha value is -1.02. The first-order valence-electron chi connectivity index (χ1n) is 6.85. The van der Waals surface area contributed by atoms with Gasteiger partial charge in [-0.05, 0) is 31.0 Å². The van der Waals surface area contributed by atoms with Crippen LogP contribution in [-0.4, -0.2) is 13.1 Å². The molecule has 2 N–H and O–H groups in total. The van der Waals surface area contributed by atoms with Crippen LogP contribution >= 0.6 is 0 Å². The molecule has 0 spiro atoms. The summed E-state index contributed by atoms with van der Waals surface area (Å²) in [5.41, 5.74) is 8.13. The fourth-order valence-electron chi connectivity index (χ4n) is 2.04. The van der Waals surface area contributed by atoms with E-state index in [2.05, 4.69) is 43.0 Å². The highest BCUT2D eigenvalue weighted by Gasteiger charge is 2.03. The largest absolute Gasteiger partial charge is 0.372 e. The summed E-state index contributed by atoms with van der Waals surface area (Å²) in [6, 6.07) is 8.63. The fourth-order valence-corrected chi connectivity index (χ4v) is 2.04. The van der Waals surface area contributed by atoms with Gasteiger partial charge < -0.3 is 10.6 Å². The zero-order valence-electron chi connectivity index (χ0n) is 11.3. The molecule has 0 unspecified atom stereocenters. The first kappa shape index (κ1) is 14.0. The molecule has 0 radical (unpaired) electrons. The van der Waals surface area contributed by atoms with E-state index in [4.69, 9.17) is 5.73 Å². The topological polar surface area (TPSA) is 29.3 Å². The summed E-state index contributed by atoms with van der Waals surface area (Å²) in [4.78, 5) is 2.44. The van der Waals surface area contributed by atoms with Crippen molar-refractivity contribution in [2.45, 2.75) is 46.1 Å². The van der Waals surface area contributed by atoms with E-state index in [-0.39, 0.29) is 0 Å². The predicted molar refractivity (Wildman–Crippen MR) is 76.4 cm³/mol. The van der Waals surface area contributed by atoms with Gasteiger partial charge in [0.15, 0.2) is 0 Å². The summed E-state index contributed by atoms with van der Waals surface area (Å²) in [7, 11) is 0. The van der Waals surface area contributed by atoms with Crippen LogP contribution in [0.4, 0.5) is 5.69 Å². The van der Waals surface area contributed by atoms with Gasteiger partial charge in [0.25, 0.3) is 0 Å². The second-order valence-electron chi connectivity index (χ2n) is 4.51. The number of benzene rings is 1. The van der Waals surface area contributed by atoms with Crippen LogP contribution in [-0.2, 0) is 6.54 Å². The van der Waals surface area contributed by atoms with Crippen molar-refractivity contribution in [3.05, 3.63) is 29.8 Å². The lowest BCUT2D eigenvalue weighted by Gasteiger charge is -2.23. The minimum absolute atomic E-state index is 0.628. The van der Waals surface area contributed by atoms with Crippen molar-refractivity contribution in [3.63, 3.8) is 0 Å². The highest BCUT2D eigenvalue weighted by atomic mass is 15.1. The fraction of sp³-hybridized carbons (Fsp3) is 0.600. The van der Waals surface area contributed by atoms with Gasteiger partial charge in [0.05, 0.1) is 0 Å². The molecule has 0 fully saturated rings. The molecule has 1 aromatic rings. The van der Waals surface area contributed by atoms with Crippen molar-refractivity contribution >= 4 is 5.69 Å². The maximum atomic E-state index is 5.61. The van der Waals surface area contributed by atoms with Gasteiger partial charge in [-0.3, -0.25) is 0 Å². The first-order chi connectivity index (χ1) is 8.31. The molecule has 96 valence electrons. The van der Waals surface area contributed by atoms with Crippen LogP contribution in [0.5, 0.6) is 0 Å². The molecule has 0 saturated carbocycles. The van der Waals surface area contributed by atoms with E-state index in [1.165, 1.54) is 43.5 Å². The molecule has 2 nitrogen and oxygen atoms in total. The van der Waals surface area contributed by atoms with Gasteiger partial charge in [0.2, 0.25) is 0 Å². The molecule has 17 heavy (non-hydrogen) atoms. The standard InChI is InChI=1S/C15H26N2/c1-3-5-6-7-12-17(4-2)15-10-8-14(13-16)9-11-15/h8-11H,3-7,12-13,16H2,1-2H3. The molecular formula is C15H26N2. The number of hydrogen-bond acceptors (Lipinski definition) is 2. The van der Waals surface area contributed by atoms with E-state index in [0.29, 0.717) is 6.54 Å². The number of unbranched alkanes of at least 4 members (excludes halogenated alkanes) is 3. The lowest BCUT2D eigenvalue weighted by Crippen LogP contribution is -2.23. The zero-order valence-corrected chi connectivity index (χ0v) is 11.3. The van der Waals surface area contributed by atoms with Crippen LogP contribution in [0.1, 0.15) is 45.1 Å². The molecule has 0 aliphatic rings. The summed E-state index contributed by atoms with van der Waals surface area (Å²) in [6.07, 6.45) is 5.29. The third kappa shape index (κ3) is 4.78. The third-order valence-corrected chi connectivity index (χ3v) is 3.20. The van der Waals surface area contributed by atoms with Gasteiger partial charge in [-0.15, -0.1) is 0 Å². The molecule has 2 heteroatoms. The second-order valence-corrected chi connectivity index (χ2v) is 4.51. The lowest BCUT2D eigenvalue weighted by molar-refractivity contribution is 0.649. The Morgan fingerprint density at radius 3 is 2.24 bits per heavy atom. The van der Waals surface area contributed by atoms with Gasteiger partial charge in [0.1, 0.15) is 0 Å². The van der Waals surface area contributed by atoms with Crippen molar-refractivity contribution in [2.75, 3.05) is 18.0 Å². The summed E-state index contributed by atoms with van der Waals surface area (Å²) >= 11 is 0. The van der Waals surface area contributed by atoms with E-state index in [9.17, 15) is 0 Å². The van der Waals surface area contributed by atoms with E-state index in [0.717, 1.165) is 6.54 Å². The van der Waals surface area contributed by atoms with Gasteiger partial charge in [-0.25, -0.2) is 0 Å². The number of hydrogen-bond donors (Lipinski definition) is 1. The Balaban J connectivity index is 2.47. The second kappa shape index (κ2) is 8.13. The average Bonchev–Trinajstić information content (AvgIpc) is 2.39. The van der Waals surface area contributed by atoms with Gasteiger partial charge in [0, 0.05) is 25.3 Å². The van der Waals surface area contributed by atoms with Gasteiger partial charge >= 0.3 is 0 Å². The van der Waals surface area contributed by atoms with Crippen molar-refractivity contribution in [3.8, 4) is 0 Å². The molecule has 0 saturated heterocycles. The molecule has 0 aliphatic carbocycles. The van der Waals surface area contributed by atoms with Crippen LogP contribution in [0.2, 0.25) is 0 Å². The normalized spacial score (nSPS) is 10.5. The average molecular weight is 234 g/mol. The van der Waals surface area contributed by atoms with E-state index in [1.54, 1.807) is 0 Å². The Morgan fingerprint density at radius 1 is 1.00 bits per heavy atom. The Bertz CT molecular complexity index is 292. The van der Waals surface area contributed by atoms with Crippen molar-refractivity contribution in [1.82, 2.24) is 0 Å². The van der Waals surface area contributed by atoms with Gasteiger partial charge in [-0.1, -0.05) is 38.3 Å². The monoisotopic (exact) mass is 234 g/mol.